The fourth-order valence-corrected chi connectivity index (χ4v) is 4.59. The van der Waals surface area contributed by atoms with Crippen molar-refractivity contribution in [2.75, 3.05) is 18.4 Å². The smallest absolute Gasteiger partial charge is 0.321 e. The third-order valence-corrected chi connectivity index (χ3v) is 5.83. The number of aryl methyl sites for hydroxylation is 1. The van der Waals surface area contributed by atoms with Crippen molar-refractivity contribution in [2.24, 2.45) is 11.8 Å². The lowest BCUT2D eigenvalue weighted by molar-refractivity contribution is 0.0368. The van der Waals surface area contributed by atoms with E-state index in [2.05, 4.69) is 17.4 Å². The number of fused-ring (bicyclic) bond motifs is 1. The first-order valence-corrected chi connectivity index (χ1v) is 9.40. The zero-order valence-corrected chi connectivity index (χ0v) is 15.2. The molecule has 2 N–H and O–H groups in total. The molecule has 4 heteroatoms. The molecule has 2 aliphatic rings. The number of rotatable bonds is 3. The molecule has 1 heterocycles. The molecule has 1 saturated carbocycles. The third kappa shape index (κ3) is 3.61. The highest BCUT2D eigenvalue weighted by Gasteiger charge is 2.49. The van der Waals surface area contributed by atoms with E-state index in [0.717, 1.165) is 31.6 Å². The number of hydrogen-bond donors (Lipinski definition) is 2. The minimum atomic E-state index is -0.629. The van der Waals surface area contributed by atoms with E-state index in [1.165, 1.54) is 11.1 Å². The first-order chi connectivity index (χ1) is 12.5. The maximum absolute atomic E-state index is 12.5. The van der Waals surface area contributed by atoms with Gasteiger partial charge in [0.2, 0.25) is 0 Å². The molecule has 3 atom stereocenters. The molecule has 1 aliphatic heterocycles. The minimum absolute atomic E-state index is 0.0325. The summed E-state index contributed by atoms with van der Waals surface area (Å²) in [6.07, 6.45) is 2.26. The van der Waals surface area contributed by atoms with Crippen LogP contribution in [0.3, 0.4) is 0 Å². The Bertz CT molecular complexity index is 758. The monoisotopic (exact) mass is 350 g/mol. The molecule has 4 rings (SSSR count). The van der Waals surface area contributed by atoms with Gasteiger partial charge in [-0.1, -0.05) is 48.0 Å². The Morgan fingerprint density at radius 2 is 1.69 bits per heavy atom. The molecule has 0 radical (unpaired) electrons. The van der Waals surface area contributed by atoms with E-state index >= 15 is 0 Å². The number of benzene rings is 2. The molecule has 1 aliphatic carbocycles. The number of anilines is 1. The summed E-state index contributed by atoms with van der Waals surface area (Å²) in [4.78, 5) is 14.4. The average molecular weight is 350 g/mol. The Morgan fingerprint density at radius 1 is 1.08 bits per heavy atom. The van der Waals surface area contributed by atoms with Crippen LogP contribution >= 0.6 is 0 Å². The summed E-state index contributed by atoms with van der Waals surface area (Å²) in [5, 5.41) is 14.0. The van der Waals surface area contributed by atoms with Gasteiger partial charge < -0.3 is 15.3 Å². The molecule has 4 nitrogen and oxygen atoms in total. The molecule has 2 fully saturated rings. The zero-order chi connectivity index (χ0) is 18.1. The van der Waals surface area contributed by atoms with Crippen LogP contribution in [0.25, 0.3) is 0 Å². The Balaban J connectivity index is 1.34. The largest absolute Gasteiger partial charge is 0.390 e. The lowest BCUT2D eigenvalue weighted by atomic mass is 9.91. The van der Waals surface area contributed by atoms with Gasteiger partial charge in [-0.25, -0.2) is 4.79 Å². The number of urea groups is 1. The predicted octanol–water partition coefficient (Wildman–Crippen LogP) is 3.84. The quantitative estimate of drug-likeness (QED) is 0.884. The number of amides is 2. The first kappa shape index (κ1) is 17.1. The molecular formula is C22H26N2O2. The van der Waals surface area contributed by atoms with Gasteiger partial charge in [0.25, 0.3) is 0 Å². The van der Waals surface area contributed by atoms with Crippen LogP contribution in [0.2, 0.25) is 0 Å². The van der Waals surface area contributed by atoms with Gasteiger partial charge in [0.1, 0.15) is 0 Å². The molecule has 2 aromatic rings. The molecule has 0 bridgehead atoms. The van der Waals surface area contributed by atoms with Gasteiger partial charge in [-0.2, -0.15) is 0 Å². The van der Waals surface area contributed by atoms with Crippen molar-refractivity contribution in [3.8, 4) is 0 Å². The standard InChI is InChI=1S/C22H26N2O2/c1-16-7-9-20(10-8-16)23-21(25)24-14-18-12-22(26,13-19(18)15-24)11-17-5-3-2-4-6-17/h2-10,18-19,26H,11-15H2,1H3,(H,23,25)/t18-,19+,22?. The summed E-state index contributed by atoms with van der Waals surface area (Å²) in [5.41, 5.74) is 2.56. The van der Waals surface area contributed by atoms with Crippen LogP contribution in [0.5, 0.6) is 0 Å². The van der Waals surface area contributed by atoms with Gasteiger partial charge in [-0.3, -0.25) is 0 Å². The predicted molar refractivity (Wildman–Crippen MR) is 103 cm³/mol. The fourth-order valence-electron chi connectivity index (χ4n) is 4.59. The van der Waals surface area contributed by atoms with E-state index in [-0.39, 0.29) is 6.03 Å². The molecule has 136 valence electrons. The van der Waals surface area contributed by atoms with Crippen LogP contribution in [0.1, 0.15) is 24.0 Å². The van der Waals surface area contributed by atoms with E-state index in [4.69, 9.17) is 0 Å². The number of aliphatic hydroxyl groups is 1. The summed E-state index contributed by atoms with van der Waals surface area (Å²) >= 11 is 0. The van der Waals surface area contributed by atoms with E-state index in [9.17, 15) is 9.90 Å². The second-order valence-electron chi connectivity index (χ2n) is 8.02. The SMILES string of the molecule is Cc1ccc(NC(=O)N2C[C@@H]3CC(O)(Cc4ccccc4)C[C@@H]3C2)cc1. The highest BCUT2D eigenvalue weighted by atomic mass is 16.3. The second-order valence-corrected chi connectivity index (χ2v) is 8.02. The Kier molecular flexibility index (Phi) is 4.45. The number of hydrogen-bond acceptors (Lipinski definition) is 2. The molecule has 0 aromatic heterocycles. The topological polar surface area (TPSA) is 52.6 Å². The number of nitrogens with one attached hydrogen (secondary N) is 1. The van der Waals surface area contributed by atoms with Gasteiger partial charge >= 0.3 is 6.03 Å². The van der Waals surface area contributed by atoms with E-state index in [1.807, 2.05) is 54.3 Å². The number of carbonyl (C=O) groups excluding carboxylic acids is 1. The van der Waals surface area contributed by atoms with Crippen molar-refractivity contribution < 1.29 is 9.90 Å². The maximum atomic E-state index is 12.5. The summed E-state index contributed by atoms with van der Waals surface area (Å²) in [7, 11) is 0. The average Bonchev–Trinajstić information content (AvgIpc) is 3.12. The Labute approximate surface area is 154 Å². The molecule has 26 heavy (non-hydrogen) atoms. The highest BCUT2D eigenvalue weighted by molar-refractivity contribution is 5.89. The highest BCUT2D eigenvalue weighted by Crippen LogP contribution is 2.45. The second kappa shape index (κ2) is 6.76. The van der Waals surface area contributed by atoms with Gasteiger partial charge in [-0.05, 0) is 49.3 Å². The Hall–Kier alpha value is -2.33. The molecule has 0 spiro atoms. The maximum Gasteiger partial charge on any atom is 0.321 e. The number of likely N-dealkylation sites (tertiary alicyclic amines) is 1. The van der Waals surface area contributed by atoms with E-state index < -0.39 is 5.60 Å². The summed E-state index contributed by atoms with van der Waals surface area (Å²) < 4.78 is 0. The van der Waals surface area contributed by atoms with Crippen molar-refractivity contribution in [1.82, 2.24) is 4.90 Å². The van der Waals surface area contributed by atoms with Crippen LogP contribution in [0.15, 0.2) is 54.6 Å². The normalized spacial score (nSPS) is 27.4. The molecule has 2 aromatic carbocycles. The van der Waals surface area contributed by atoms with Crippen molar-refractivity contribution in [3.05, 3.63) is 65.7 Å². The molecule has 2 amide bonds. The van der Waals surface area contributed by atoms with Crippen LogP contribution in [0, 0.1) is 18.8 Å². The van der Waals surface area contributed by atoms with Gasteiger partial charge in [0.05, 0.1) is 5.60 Å². The number of carbonyl (C=O) groups is 1. The summed E-state index contributed by atoms with van der Waals surface area (Å²) in [6, 6.07) is 18.0. The van der Waals surface area contributed by atoms with E-state index in [0.29, 0.717) is 18.3 Å². The van der Waals surface area contributed by atoms with Gasteiger partial charge in [0.15, 0.2) is 0 Å². The van der Waals surface area contributed by atoms with Crippen molar-refractivity contribution in [2.45, 2.75) is 31.8 Å². The molecule has 1 unspecified atom stereocenters. The Morgan fingerprint density at radius 3 is 2.31 bits per heavy atom. The van der Waals surface area contributed by atoms with Crippen LogP contribution in [-0.4, -0.2) is 34.7 Å². The van der Waals surface area contributed by atoms with Crippen LogP contribution in [-0.2, 0) is 6.42 Å². The van der Waals surface area contributed by atoms with E-state index in [1.54, 1.807) is 0 Å². The van der Waals surface area contributed by atoms with Crippen molar-refractivity contribution in [1.29, 1.82) is 0 Å². The lowest BCUT2D eigenvalue weighted by Gasteiger charge is -2.26. The summed E-state index contributed by atoms with van der Waals surface area (Å²) in [6.45, 7) is 3.50. The first-order valence-electron chi connectivity index (χ1n) is 9.40. The zero-order valence-electron chi connectivity index (χ0n) is 15.2. The molecular weight excluding hydrogens is 324 g/mol. The number of nitrogens with zero attached hydrogens (tertiary/aromatic N) is 1. The van der Waals surface area contributed by atoms with Crippen molar-refractivity contribution >= 4 is 11.7 Å². The summed E-state index contributed by atoms with van der Waals surface area (Å²) in [5.74, 6) is 0.792. The van der Waals surface area contributed by atoms with Gasteiger partial charge in [-0.15, -0.1) is 0 Å². The fraction of sp³-hybridized carbons (Fsp3) is 0.409. The lowest BCUT2D eigenvalue weighted by Crippen LogP contribution is -2.36. The minimum Gasteiger partial charge on any atom is -0.390 e. The third-order valence-electron chi connectivity index (χ3n) is 5.83. The van der Waals surface area contributed by atoms with Crippen LogP contribution < -0.4 is 5.32 Å². The molecule has 1 saturated heterocycles. The van der Waals surface area contributed by atoms with Crippen LogP contribution in [0.4, 0.5) is 10.5 Å². The van der Waals surface area contributed by atoms with Gasteiger partial charge in [0, 0.05) is 25.2 Å². The van der Waals surface area contributed by atoms with Crippen molar-refractivity contribution in [3.63, 3.8) is 0 Å².